The first-order valence-corrected chi connectivity index (χ1v) is 5.88. The first-order valence-electron chi connectivity index (χ1n) is 5.88. The summed E-state index contributed by atoms with van der Waals surface area (Å²) in [5.74, 6) is -0.487. The molecule has 1 aromatic heterocycles. The Kier molecular flexibility index (Phi) is 4.14. The zero-order valence-electron chi connectivity index (χ0n) is 11.1. The van der Waals surface area contributed by atoms with Crippen LogP contribution in [0.1, 0.15) is 32.2 Å². The number of hydrogen-bond donors (Lipinski definition) is 0. The molecule has 0 bridgehead atoms. The number of rotatable bonds is 4. The SMILES string of the molecule is COC(=O)c1ccc(C(=O)OCc2cc(C)no2)cc1. The lowest BCUT2D eigenvalue weighted by Crippen LogP contribution is -2.06. The summed E-state index contributed by atoms with van der Waals surface area (Å²) < 4.78 is 14.6. The third kappa shape index (κ3) is 3.23. The fraction of sp³-hybridized carbons (Fsp3) is 0.214. The van der Waals surface area contributed by atoms with Crippen LogP contribution in [0, 0.1) is 6.92 Å². The standard InChI is InChI=1S/C14H13NO5/c1-9-7-12(20-15-9)8-19-14(17)11-5-3-10(4-6-11)13(16)18-2/h3-7H,8H2,1-2H3. The average molecular weight is 275 g/mol. The minimum Gasteiger partial charge on any atom is -0.465 e. The maximum Gasteiger partial charge on any atom is 0.338 e. The van der Waals surface area contributed by atoms with Gasteiger partial charge in [-0.15, -0.1) is 0 Å². The largest absolute Gasteiger partial charge is 0.465 e. The molecule has 0 N–H and O–H groups in total. The van der Waals surface area contributed by atoms with Gasteiger partial charge >= 0.3 is 11.9 Å². The highest BCUT2D eigenvalue weighted by molar-refractivity contribution is 5.93. The number of aryl methyl sites for hydroxylation is 1. The zero-order chi connectivity index (χ0) is 14.5. The molecule has 0 amide bonds. The van der Waals surface area contributed by atoms with Crippen LogP contribution in [0.15, 0.2) is 34.9 Å². The molecule has 0 atom stereocenters. The van der Waals surface area contributed by atoms with Gasteiger partial charge < -0.3 is 14.0 Å². The number of carbonyl (C=O) groups is 2. The van der Waals surface area contributed by atoms with Gasteiger partial charge in [0.2, 0.25) is 0 Å². The van der Waals surface area contributed by atoms with Crippen LogP contribution in [0.2, 0.25) is 0 Å². The lowest BCUT2D eigenvalue weighted by atomic mass is 10.1. The Morgan fingerprint density at radius 1 is 1.15 bits per heavy atom. The Morgan fingerprint density at radius 3 is 2.25 bits per heavy atom. The van der Waals surface area contributed by atoms with Crippen molar-refractivity contribution in [2.24, 2.45) is 0 Å². The van der Waals surface area contributed by atoms with Crippen LogP contribution in [0.4, 0.5) is 0 Å². The number of methoxy groups -OCH3 is 1. The monoisotopic (exact) mass is 275 g/mol. The molecule has 1 heterocycles. The van der Waals surface area contributed by atoms with Crippen molar-refractivity contribution >= 4 is 11.9 Å². The molecule has 0 radical (unpaired) electrons. The summed E-state index contributed by atoms with van der Waals surface area (Å²) in [4.78, 5) is 23.0. The van der Waals surface area contributed by atoms with Gasteiger partial charge in [-0.1, -0.05) is 5.16 Å². The normalized spacial score (nSPS) is 10.1. The summed E-state index contributed by atoms with van der Waals surface area (Å²) >= 11 is 0. The molecule has 0 aliphatic rings. The molecule has 2 aromatic rings. The molecule has 20 heavy (non-hydrogen) atoms. The molecule has 6 heteroatoms. The first kappa shape index (κ1) is 13.8. The van der Waals surface area contributed by atoms with Gasteiger partial charge in [0.05, 0.1) is 23.9 Å². The predicted molar refractivity (Wildman–Crippen MR) is 68.1 cm³/mol. The molecule has 0 unspecified atom stereocenters. The van der Waals surface area contributed by atoms with E-state index in [4.69, 9.17) is 9.26 Å². The zero-order valence-corrected chi connectivity index (χ0v) is 11.1. The predicted octanol–water partition coefficient (Wildman–Crippen LogP) is 2.13. The van der Waals surface area contributed by atoms with Crippen LogP contribution in [0.3, 0.4) is 0 Å². The summed E-state index contributed by atoms with van der Waals surface area (Å²) in [5.41, 5.74) is 1.43. The molecule has 0 aliphatic carbocycles. The van der Waals surface area contributed by atoms with Crippen LogP contribution in [-0.2, 0) is 16.1 Å². The third-order valence-electron chi connectivity index (χ3n) is 2.56. The third-order valence-corrected chi connectivity index (χ3v) is 2.56. The Morgan fingerprint density at radius 2 is 1.75 bits per heavy atom. The van der Waals surface area contributed by atoms with Crippen molar-refractivity contribution in [3.63, 3.8) is 0 Å². The number of esters is 2. The van der Waals surface area contributed by atoms with Gasteiger partial charge in [-0.05, 0) is 31.2 Å². The van der Waals surface area contributed by atoms with Crippen LogP contribution < -0.4 is 0 Å². The fourth-order valence-corrected chi connectivity index (χ4v) is 1.56. The molecule has 0 fully saturated rings. The van der Waals surface area contributed by atoms with Crippen molar-refractivity contribution in [3.05, 3.63) is 52.9 Å². The number of benzene rings is 1. The molecule has 0 aliphatic heterocycles. The van der Waals surface area contributed by atoms with Crippen LogP contribution in [0.5, 0.6) is 0 Å². The van der Waals surface area contributed by atoms with Gasteiger partial charge in [-0.2, -0.15) is 0 Å². The van der Waals surface area contributed by atoms with E-state index in [0.717, 1.165) is 5.69 Å². The lowest BCUT2D eigenvalue weighted by molar-refractivity contribution is 0.0436. The van der Waals surface area contributed by atoms with Gasteiger partial charge in [0.1, 0.15) is 0 Å². The first-order chi connectivity index (χ1) is 9.60. The Bertz CT molecular complexity index is 615. The van der Waals surface area contributed by atoms with E-state index >= 15 is 0 Å². The van der Waals surface area contributed by atoms with Crippen molar-refractivity contribution in [2.75, 3.05) is 7.11 Å². The Hall–Kier alpha value is -2.63. The summed E-state index contributed by atoms with van der Waals surface area (Å²) in [6.07, 6.45) is 0. The summed E-state index contributed by atoms with van der Waals surface area (Å²) in [6, 6.07) is 7.69. The second kappa shape index (κ2) is 6.01. The molecular weight excluding hydrogens is 262 g/mol. The van der Waals surface area contributed by atoms with Crippen molar-refractivity contribution < 1.29 is 23.6 Å². The van der Waals surface area contributed by atoms with Gasteiger partial charge in [-0.25, -0.2) is 9.59 Å². The number of carbonyl (C=O) groups excluding carboxylic acids is 2. The minimum absolute atomic E-state index is 0.0123. The molecule has 0 spiro atoms. The summed E-state index contributed by atoms with van der Waals surface area (Å²) in [7, 11) is 1.30. The number of aromatic nitrogens is 1. The second-order valence-electron chi connectivity index (χ2n) is 4.08. The van der Waals surface area contributed by atoms with E-state index < -0.39 is 11.9 Å². The highest BCUT2D eigenvalue weighted by atomic mass is 16.5. The van der Waals surface area contributed by atoms with E-state index in [1.54, 1.807) is 13.0 Å². The van der Waals surface area contributed by atoms with Crippen LogP contribution in [-0.4, -0.2) is 24.2 Å². The van der Waals surface area contributed by atoms with Crippen LogP contribution in [0.25, 0.3) is 0 Å². The van der Waals surface area contributed by atoms with Gasteiger partial charge in [-0.3, -0.25) is 0 Å². The smallest absolute Gasteiger partial charge is 0.338 e. The molecular formula is C14H13NO5. The van der Waals surface area contributed by atoms with Crippen molar-refractivity contribution in [2.45, 2.75) is 13.5 Å². The van der Waals surface area contributed by atoms with Crippen molar-refractivity contribution in [1.29, 1.82) is 0 Å². The molecule has 6 nitrogen and oxygen atoms in total. The molecule has 1 aromatic carbocycles. The quantitative estimate of drug-likeness (QED) is 0.795. The number of ether oxygens (including phenoxy) is 2. The van der Waals surface area contributed by atoms with Gasteiger partial charge in [0.15, 0.2) is 12.4 Å². The van der Waals surface area contributed by atoms with Crippen molar-refractivity contribution in [3.8, 4) is 0 Å². The molecule has 2 rings (SSSR count). The topological polar surface area (TPSA) is 78.6 Å². The highest BCUT2D eigenvalue weighted by Gasteiger charge is 2.11. The van der Waals surface area contributed by atoms with E-state index in [2.05, 4.69) is 9.89 Å². The Labute approximate surface area is 115 Å². The minimum atomic E-state index is -0.504. The van der Waals surface area contributed by atoms with E-state index in [1.807, 2.05) is 0 Å². The van der Waals surface area contributed by atoms with Gasteiger partial charge in [0, 0.05) is 6.07 Å². The fourth-order valence-electron chi connectivity index (χ4n) is 1.56. The molecule has 0 saturated carbocycles. The van der Waals surface area contributed by atoms with E-state index in [1.165, 1.54) is 31.4 Å². The highest BCUT2D eigenvalue weighted by Crippen LogP contribution is 2.09. The molecule has 104 valence electrons. The van der Waals surface area contributed by atoms with E-state index in [-0.39, 0.29) is 6.61 Å². The second-order valence-corrected chi connectivity index (χ2v) is 4.08. The summed E-state index contributed by atoms with van der Waals surface area (Å²) in [6.45, 7) is 1.79. The lowest BCUT2D eigenvalue weighted by Gasteiger charge is -2.03. The van der Waals surface area contributed by atoms with E-state index in [9.17, 15) is 9.59 Å². The number of nitrogens with zero attached hydrogens (tertiary/aromatic N) is 1. The van der Waals surface area contributed by atoms with Crippen LogP contribution >= 0.6 is 0 Å². The number of hydrogen-bond acceptors (Lipinski definition) is 6. The van der Waals surface area contributed by atoms with Gasteiger partial charge in [0.25, 0.3) is 0 Å². The van der Waals surface area contributed by atoms with E-state index in [0.29, 0.717) is 16.9 Å². The van der Waals surface area contributed by atoms with Crippen molar-refractivity contribution in [1.82, 2.24) is 5.16 Å². The summed E-state index contributed by atoms with van der Waals surface area (Å²) in [5, 5.41) is 3.69. The Balaban J connectivity index is 1.97. The maximum atomic E-state index is 11.8. The molecule has 0 saturated heterocycles. The average Bonchev–Trinajstić information content (AvgIpc) is 2.89. The maximum absolute atomic E-state index is 11.8.